The van der Waals surface area contributed by atoms with E-state index in [1.165, 1.54) is 23.2 Å². The first-order valence-corrected chi connectivity index (χ1v) is 12.6. The van der Waals surface area contributed by atoms with E-state index in [4.69, 9.17) is 11.6 Å². The molecule has 3 aromatic rings. The maximum atomic E-state index is 13.1. The van der Waals surface area contributed by atoms with E-state index in [9.17, 15) is 17.6 Å². The highest BCUT2D eigenvalue weighted by molar-refractivity contribution is 7.90. The molecule has 0 aliphatic heterocycles. The summed E-state index contributed by atoms with van der Waals surface area (Å²) in [5.41, 5.74) is 1.71. The second kappa shape index (κ2) is 10.8. The molecule has 0 radical (unpaired) electrons. The Morgan fingerprint density at radius 2 is 1.75 bits per heavy atom. The lowest BCUT2D eigenvalue weighted by atomic mass is 9.92. The van der Waals surface area contributed by atoms with Gasteiger partial charge < -0.3 is 0 Å². The third-order valence-electron chi connectivity index (χ3n) is 4.89. The molecule has 1 atom stereocenters. The van der Waals surface area contributed by atoms with E-state index in [0.29, 0.717) is 30.2 Å². The fourth-order valence-corrected chi connectivity index (χ4v) is 4.10. The lowest BCUT2D eigenvalue weighted by Gasteiger charge is -2.13. The Labute approximate surface area is 191 Å². The van der Waals surface area contributed by atoms with Crippen molar-refractivity contribution < 1.29 is 17.6 Å². The number of rotatable bonds is 11. The fourth-order valence-electron chi connectivity index (χ4n) is 3.32. The summed E-state index contributed by atoms with van der Waals surface area (Å²) >= 11 is 5.97. The minimum atomic E-state index is -3.06. The average molecular weight is 479 g/mol. The lowest BCUT2D eigenvalue weighted by Crippen LogP contribution is -2.14. The molecular weight excluding hydrogens is 455 g/mol. The van der Waals surface area contributed by atoms with Crippen LogP contribution in [0, 0.1) is 5.82 Å². The Bertz CT molecular complexity index is 1150. The number of hydrogen-bond acceptors (Lipinski definition) is 6. The van der Waals surface area contributed by atoms with Crippen LogP contribution < -0.4 is 0 Å². The summed E-state index contributed by atoms with van der Waals surface area (Å²) in [6.45, 7) is 0.317. The van der Waals surface area contributed by atoms with Crippen molar-refractivity contribution in [2.24, 2.45) is 0 Å². The summed E-state index contributed by atoms with van der Waals surface area (Å²) in [4.78, 5) is 14.1. The molecule has 0 N–H and O–H groups in total. The number of nitrogens with zero attached hydrogens (tertiary/aromatic N) is 4. The number of benzene rings is 2. The quantitative estimate of drug-likeness (QED) is 0.419. The zero-order chi connectivity index (χ0) is 23.1. The topological polar surface area (TPSA) is 94.8 Å². The van der Waals surface area contributed by atoms with Crippen LogP contribution in [0.15, 0.2) is 48.5 Å². The van der Waals surface area contributed by atoms with Gasteiger partial charge in [0.1, 0.15) is 21.4 Å². The third kappa shape index (κ3) is 7.80. The summed E-state index contributed by atoms with van der Waals surface area (Å²) in [6, 6.07) is 13.2. The summed E-state index contributed by atoms with van der Waals surface area (Å²) in [7, 11) is -3.06. The summed E-state index contributed by atoms with van der Waals surface area (Å²) < 4.78 is 35.8. The number of aryl methyl sites for hydroxylation is 1. The molecule has 0 fully saturated rings. The maximum Gasteiger partial charge on any atom is 0.178 e. The van der Waals surface area contributed by atoms with Gasteiger partial charge in [0.2, 0.25) is 0 Å². The maximum absolute atomic E-state index is 13.1. The number of tetrazole rings is 1. The van der Waals surface area contributed by atoms with E-state index in [-0.39, 0.29) is 36.1 Å². The van der Waals surface area contributed by atoms with Crippen molar-refractivity contribution in [3.05, 3.63) is 76.3 Å². The SMILES string of the molecule is CS(=O)(=O)CCCn1nnc([C@@H](CC(=O)Cc2ccc(F)cc2)Cc2ccc(Cl)cc2)n1. The van der Waals surface area contributed by atoms with Gasteiger partial charge in [-0.25, -0.2) is 12.8 Å². The standard InChI is InChI=1S/C22H24ClFN4O3S/c1-32(30,31)12-2-11-28-26-22(25-27-28)18(13-16-3-7-19(23)8-4-16)15-21(29)14-17-5-9-20(24)10-6-17/h3-10,18H,2,11-15H2,1H3/t18-/m1/s1. The smallest absolute Gasteiger partial charge is 0.178 e. The molecule has 0 aliphatic rings. The molecule has 7 nitrogen and oxygen atoms in total. The lowest BCUT2D eigenvalue weighted by molar-refractivity contribution is -0.118. The number of Topliss-reactive ketones (excluding diaryl/α,β-unsaturated/α-hetero) is 1. The van der Waals surface area contributed by atoms with E-state index < -0.39 is 9.84 Å². The van der Waals surface area contributed by atoms with Crippen LogP contribution in [0.25, 0.3) is 0 Å². The minimum absolute atomic E-state index is 0.0241. The molecule has 10 heteroatoms. The molecule has 0 saturated carbocycles. The van der Waals surface area contributed by atoms with Crippen molar-refractivity contribution >= 4 is 27.2 Å². The van der Waals surface area contributed by atoms with E-state index >= 15 is 0 Å². The van der Waals surface area contributed by atoms with Crippen LogP contribution in [0.5, 0.6) is 0 Å². The second-order valence-electron chi connectivity index (χ2n) is 7.80. The van der Waals surface area contributed by atoms with Gasteiger partial charge in [0.05, 0.1) is 12.3 Å². The third-order valence-corrected chi connectivity index (χ3v) is 6.17. The number of ketones is 1. The number of sulfone groups is 1. The van der Waals surface area contributed by atoms with E-state index in [2.05, 4.69) is 15.4 Å². The Morgan fingerprint density at radius 1 is 1.09 bits per heavy atom. The van der Waals surface area contributed by atoms with Crippen molar-refractivity contribution in [3.63, 3.8) is 0 Å². The highest BCUT2D eigenvalue weighted by Gasteiger charge is 2.22. The molecule has 0 amide bonds. The van der Waals surface area contributed by atoms with Gasteiger partial charge in [-0.1, -0.05) is 35.9 Å². The summed E-state index contributed by atoms with van der Waals surface area (Å²) in [5.74, 6) is -0.226. The molecule has 1 heterocycles. The Morgan fingerprint density at radius 3 is 2.41 bits per heavy atom. The van der Waals surface area contributed by atoms with Gasteiger partial charge >= 0.3 is 0 Å². The predicted molar refractivity (Wildman–Crippen MR) is 120 cm³/mol. The van der Waals surface area contributed by atoms with Gasteiger partial charge in [-0.2, -0.15) is 4.80 Å². The first kappa shape index (κ1) is 24.0. The highest BCUT2D eigenvalue weighted by atomic mass is 35.5. The molecule has 0 unspecified atom stereocenters. The van der Waals surface area contributed by atoms with Gasteiger partial charge in [-0.15, -0.1) is 10.2 Å². The van der Waals surface area contributed by atoms with Gasteiger partial charge in [0, 0.05) is 30.0 Å². The van der Waals surface area contributed by atoms with Crippen molar-refractivity contribution in [1.29, 1.82) is 0 Å². The van der Waals surface area contributed by atoms with Crippen LogP contribution in [-0.2, 0) is 34.0 Å². The first-order chi connectivity index (χ1) is 15.2. The van der Waals surface area contributed by atoms with Crippen molar-refractivity contribution in [1.82, 2.24) is 20.2 Å². The molecule has 0 spiro atoms. The van der Waals surface area contributed by atoms with Crippen LogP contribution >= 0.6 is 11.6 Å². The average Bonchev–Trinajstić information content (AvgIpc) is 3.19. The molecule has 0 bridgehead atoms. The number of aromatic nitrogens is 4. The number of carbonyl (C=O) groups excluding carboxylic acids is 1. The van der Waals surface area contributed by atoms with Crippen molar-refractivity contribution in [3.8, 4) is 0 Å². The fraction of sp³-hybridized carbons (Fsp3) is 0.364. The van der Waals surface area contributed by atoms with Crippen molar-refractivity contribution in [2.75, 3.05) is 12.0 Å². The molecule has 3 rings (SSSR count). The van der Waals surface area contributed by atoms with Gasteiger partial charge in [0.15, 0.2) is 5.82 Å². The molecule has 2 aromatic carbocycles. The Hall–Kier alpha value is -2.65. The Kier molecular flexibility index (Phi) is 8.09. The van der Waals surface area contributed by atoms with Gasteiger partial charge in [-0.3, -0.25) is 4.79 Å². The molecule has 170 valence electrons. The normalized spacial score (nSPS) is 12.6. The van der Waals surface area contributed by atoms with Crippen LogP contribution in [-0.4, -0.2) is 46.4 Å². The van der Waals surface area contributed by atoms with Gasteiger partial charge in [0.25, 0.3) is 0 Å². The predicted octanol–water partition coefficient (Wildman–Crippen LogP) is 3.43. The first-order valence-electron chi connectivity index (χ1n) is 10.1. The molecular formula is C22H24ClFN4O3S. The van der Waals surface area contributed by atoms with Crippen molar-refractivity contribution in [2.45, 2.75) is 38.1 Å². The minimum Gasteiger partial charge on any atom is -0.299 e. The monoisotopic (exact) mass is 478 g/mol. The molecule has 1 aromatic heterocycles. The zero-order valence-electron chi connectivity index (χ0n) is 17.6. The largest absolute Gasteiger partial charge is 0.299 e. The highest BCUT2D eigenvalue weighted by Crippen LogP contribution is 2.23. The van der Waals surface area contributed by atoms with Crippen LogP contribution in [0.2, 0.25) is 5.02 Å². The van der Waals surface area contributed by atoms with E-state index in [1.54, 1.807) is 24.3 Å². The van der Waals surface area contributed by atoms with E-state index in [1.807, 2.05) is 12.1 Å². The van der Waals surface area contributed by atoms with E-state index in [0.717, 1.165) is 11.1 Å². The summed E-state index contributed by atoms with van der Waals surface area (Å²) in [5, 5.41) is 13.1. The molecule has 0 saturated heterocycles. The zero-order valence-corrected chi connectivity index (χ0v) is 19.2. The number of carbonyl (C=O) groups is 1. The van der Waals surface area contributed by atoms with Crippen LogP contribution in [0.4, 0.5) is 4.39 Å². The Balaban J connectivity index is 1.72. The van der Waals surface area contributed by atoms with Crippen LogP contribution in [0.1, 0.15) is 35.7 Å². The molecule has 32 heavy (non-hydrogen) atoms. The van der Waals surface area contributed by atoms with Gasteiger partial charge in [-0.05, 0) is 53.4 Å². The van der Waals surface area contributed by atoms with Crippen LogP contribution in [0.3, 0.4) is 0 Å². The number of halogens is 2. The summed E-state index contributed by atoms with van der Waals surface area (Å²) in [6.07, 6.45) is 2.44. The second-order valence-corrected chi connectivity index (χ2v) is 10.5. The molecule has 0 aliphatic carbocycles. The number of hydrogen-bond donors (Lipinski definition) is 0.